The normalized spacial score (nSPS) is 11.3. The SMILES string of the molecule is Cc1cccc(Cn2nc(C)c3c(-n4ccnc4)ccc(CCO)c32)n1. The maximum Gasteiger partial charge on any atom is 0.0991 e. The largest absolute Gasteiger partial charge is 0.396 e. The third-order valence-electron chi connectivity index (χ3n) is 4.55. The smallest absolute Gasteiger partial charge is 0.0991 e. The van der Waals surface area contributed by atoms with Crippen LogP contribution in [0.25, 0.3) is 16.6 Å². The third kappa shape index (κ3) is 2.88. The molecular formula is C20H21N5O. The molecule has 3 heterocycles. The van der Waals surface area contributed by atoms with Crippen molar-refractivity contribution in [2.24, 2.45) is 0 Å². The summed E-state index contributed by atoms with van der Waals surface area (Å²) >= 11 is 0. The molecule has 4 rings (SSSR count). The average Bonchev–Trinajstić information content (AvgIpc) is 3.25. The van der Waals surface area contributed by atoms with Crippen LogP contribution < -0.4 is 0 Å². The van der Waals surface area contributed by atoms with Gasteiger partial charge in [0.05, 0.1) is 35.5 Å². The monoisotopic (exact) mass is 347 g/mol. The highest BCUT2D eigenvalue weighted by molar-refractivity contribution is 5.92. The van der Waals surface area contributed by atoms with Crippen LogP contribution in [0.3, 0.4) is 0 Å². The Labute approximate surface area is 151 Å². The van der Waals surface area contributed by atoms with Gasteiger partial charge in [0.1, 0.15) is 0 Å². The molecule has 3 aromatic heterocycles. The van der Waals surface area contributed by atoms with E-state index in [0.29, 0.717) is 13.0 Å². The Morgan fingerprint density at radius 2 is 2.00 bits per heavy atom. The minimum atomic E-state index is 0.104. The lowest BCUT2D eigenvalue weighted by molar-refractivity contribution is 0.300. The number of aromatic nitrogens is 5. The van der Waals surface area contributed by atoms with E-state index in [0.717, 1.165) is 39.2 Å². The second-order valence-electron chi connectivity index (χ2n) is 6.42. The van der Waals surface area contributed by atoms with Crippen LogP contribution in [-0.4, -0.2) is 36.0 Å². The zero-order valence-corrected chi connectivity index (χ0v) is 14.9. The summed E-state index contributed by atoms with van der Waals surface area (Å²) in [6, 6.07) is 10.2. The number of rotatable bonds is 5. The van der Waals surface area contributed by atoms with E-state index in [1.54, 1.807) is 12.5 Å². The minimum absolute atomic E-state index is 0.104. The molecule has 0 amide bonds. The van der Waals surface area contributed by atoms with Crippen molar-refractivity contribution in [3.05, 3.63) is 71.7 Å². The van der Waals surface area contributed by atoms with Crippen LogP contribution in [0.1, 0.15) is 22.6 Å². The summed E-state index contributed by atoms with van der Waals surface area (Å²) in [6.45, 7) is 4.71. The van der Waals surface area contributed by atoms with Crippen molar-refractivity contribution >= 4 is 10.9 Å². The summed E-state index contributed by atoms with van der Waals surface area (Å²) in [5.74, 6) is 0. The third-order valence-corrected chi connectivity index (χ3v) is 4.55. The van der Waals surface area contributed by atoms with Gasteiger partial charge in [0.2, 0.25) is 0 Å². The highest BCUT2D eigenvalue weighted by Crippen LogP contribution is 2.29. The molecule has 1 aromatic carbocycles. The van der Waals surface area contributed by atoms with Crippen molar-refractivity contribution in [1.82, 2.24) is 24.3 Å². The average molecular weight is 347 g/mol. The number of pyridine rings is 1. The van der Waals surface area contributed by atoms with Gasteiger partial charge in [0, 0.05) is 30.1 Å². The molecule has 1 N–H and O–H groups in total. The van der Waals surface area contributed by atoms with E-state index in [-0.39, 0.29) is 6.61 Å². The van der Waals surface area contributed by atoms with Crippen LogP contribution >= 0.6 is 0 Å². The summed E-state index contributed by atoms with van der Waals surface area (Å²) in [5, 5.41) is 15.4. The number of aliphatic hydroxyl groups excluding tert-OH is 1. The molecule has 0 fully saturated rings. The number of benzene rings is 1. The van der Waals surface area contributed by atoms with Crippen LogP contribution in [0.5, 0.6) is 0 Å². The molecule has 0 radical (unpaired) electrons. The van der Waals surface area contributed by atoms with Gasteiger partial charge in [0.15, 0.2) is 0 Å². The Morgan fingerprint density at radius 1 is 1.12 bits per heavy atom. The number of fused-ring (bicyclic) bond motifs is 1. The molecule has 0 saturated carbocycles. The van der Waals surface area contributed by atoms with Crippen LogP contribution in [0, 0.1) is 13.8 Å². The Hall–Kier alpha value is -2.99. The molecular weight excluding hydrogens is 326 g/mol. The van der Waals surface area contributed by atoms with Gasteiger partial charge < -0.3 is 9.67 Å². The Morgan fingerprint density at radius 3 is 2.73 bits per heavy atom. The van der Waals surface area contributed by atoms with E-state index < -0.39 is 0 Å². The number of hydrogen-bond acceptors (Lipinski definition) is 4. The molecule has 0 unspecified atom stereocenters. The van der Waals surface area contributed by atoms with Crippen molar-refractivity contribution < 1.29 is 5.11 Å². The van der Waals surface area contributed by atoms with E-state index in [2.05, 4.69) is 22.1 Å². The maximum absolute atomic E-state index is 9.50. The second kappa shape index (κ2) is 6.72. The molecule has 0 aliphatic carbocycles. The molecule has 0 aliphatic heterocycles. The molecule has 6 heteroatoms. The highest BCUT2D eigenvalue weighted by Gasteiger charge is 2.17. The molecule has 0 saturated heterocycles. The highest BCUT2D eigenvalue weighted by atomic mass is 16.2. The molecule has 26 heavy (non-hydrogen) atoms. The number of nitrogens with zero attached hydrogens (tertiary/aromatic N) is 5. The molecule has 0 spiro atoms. The van der Waals surface area contributed by atoms with Crippen LogP contribution in [0.4, 0.5) is 0 Å². The van der Waals surface area contributed by atoms with Gasteiger partial charge in [-0.2, -0.15) is 5.10 Å². The van der Waals surface area contributed by atoms with E-state index >= 15 is 0 Å². The predicted molar refractivity (Wildman–Crippen MR) is 100 cm³/mol. The van der Waals surface area contributed by atoms with E-state index in [1.807, 2.05) is 47.5 Å². The fourth-order valence-electron chi connectivity index (χ4n) is 3.45. The van der Waals surface area contributed by atoms with Crippen molar-refractivity contribution in [3.8, 4) is 5.69 Å². The zero-order valence-electron chi connectivity index (χ0n) is 14.9. The van der Waals surface area contributed by atoms with Gasteiger partial charge in [-0.05, 0) is 44.0 Å². The first-order valence-corrected chi connectivity index (χ1v) is 8.68. The second-order valence-corrected chi connectivity index (χ2v) is 6.42. The number of hydrogen-bond donors (Lipinski definition) is 1. The summed E-state index contributed by atoms with van der Waals surface area (Å²) in [4.78, 5) is 8.77. The summed E-state index contributed by atoms with van der Waals surface area (Å²) in [5.41, 5.74) is 6.09. The van der Waals surface area contributed by atoms with Gasteiger partial charge in [-0.25, -0.2) is 4.98 Å². The minimum Gasteiger partial charge on any atom is -0.396 e. The van der Waals surface area contributed by atoms with Gasteiger partial charge in [-0.3, -0.25) is 9.67 Å². The van der Waals surface area contributed by atoms with Crippen molar-refractivity contribution in [2.45, 2.75) is 26.8 Å². The molecule has 132 valence electrons. The first-order chi connectivity index (χ1) is 12.7. The predicted octanol–water partition coefficient (Wildman–Crippen LogP) is 2.82. The standard InChI is InChI=1S/C20H21N5O/c1-14-4-3-5-17(22-14)12-25-20-16(8-11-26)6-7-18(19(20)15(2)23-25)24-10-9-21-13-24/h3-7,9-10,13,26H,8,11-12H2,1-2H3. The Bertz CT molecular complexity index is 1050. The van der Waals surface area contributed by atoms with Crippen molar-refractivity contribution in [1.29, 1.82) is 0 Å². The molecule has 6 nitrogen and oxygen atoms in total. The summed E-state index contributed by atoms with van der Waals surface area (Å²) in [7, 11) is 0. The molecule has 4 aromatic rings. The van der Waals surface area contributed by atoms with E-state index in [9.17, 15) is 5.11 Å². The lowest BCUT2D eigenvalue weighted by Gasteiger charge is -2.11. The van der Waals surface area contributed by atoms with Gasteiger partial charge in [-0.15, -0.1) is 0 Å². The maximum atomic E-state index is 9.50. The zero-order chi connectivity index (χ0) is 18.1. The van der Waals surface area contributed by atoms with Crippen molar-refractivity contribution in [3.63, 3.8) is 0 Å². The first kappa shape index (κ1) is 16.5. The summed E-state index contributed by atoms with van der Waals surface area (Å²) in [6.07, 6.45) is 6.08. The Kier molecular flexibility index (Phi) is 4.26. The topological polar surface area (TPSA) is 68.8 Å². The molecule has 0 aliphatic rings. The molecule has 0 bridgehead atoms. The molecule has 0 atom stereocenters. The van der Waals surface area contributed by atoms with Crippen LogP contribution in [0.2, 0.25) is 0 Å². The number of imidazole rings is 1. The Balaban J connectivity index is 1.92. The van der Waals surface area contributed by atoms with Gasteiger partial charge in [0.25, 0.3) is 0 Å². The first-order valence-electron chi connectivity index (χ1n) is 8.68. The lowest BCUT2D eigenvalue weighted by atomic mass is 10.1. The van der Waals surface area contributed by atoms with Crippen LogP contribution in [0.15, 0.2) is 49.1 Å². The number of aliphatic hydroxyl groups is 1. The van der Waals surface area contributed by atoms with Gasteiger partial charge >= 0.3 is 0 Å². The quantitative estimate of drug-likeness (QED) is 0.603. The summed E-state index contributed by atoms with van der Waals surface area (Å²) < 4.78 is 3.99. The van der Waals surface area contributed by atoms with Crippen LogP contribution in [-0.2, 0) is 13.0 Å². The van der Waals surface area contributed by atoms with E-state index in [4.69, 9.17) is 5.10 Å². The van der Waals surface area contributed by atoms with Gasteiger partial charge in [-0.1, -0.05) is 12.1 Å². The lowest BCUT2D eigenvalue weighted by Crippen LogP contribution is -2.06. The fourth-order valence-corrected chi connectivity index (χ4v) is 3.45. The fraction of sp³-hybridized carbons (Fsp3) is 0.250. The number of aryl methyl sites for hydroxylation is 2. The van der Waals surface area contributed by atoms with Crippen molar-refractivity contribution in [2.75, 3.05) is 6.61 Å². The van der Waals surface area contributed by atoms with E-state index in [1.165, 1.54) is 0 Å².